The molecular weight excluding hydrogens is 336 g/mol. The molecule has 0 N–H and O–H groups in total. The lowest BCUT2D eigenvalue weighted by molar-refractivity contribution is -0.129. The summed E-state index contributed by atoms with van der Waals surface area (Å²) < 4.78 is 5.86. The summed E-state index contributed by atoms with van der Waals surface area (Å²) in [5.41, 5.74) is 4.09. The Morgan fingerprint density at radius 3 is 2.72 bits per heavy atom. The molecule has 0 spiro atoms. The maximum absolute atomic E-state index is 12.7. The quantitative estimate of drug-likeness (QED) is 0.832. The summed E-state index contributed by atoms with van der Waals surface area (Å²) in [5.74, 6) is 1.35. The normalized spacial score (nSPS) is 13.8. The number of aryl methyl sites for hydroxylation is 2. The van der Waals surface area contributed by atoms with Gasteiger partial charge in [-0.05, 0) is 49.6 Å². The highest BCUT2D eigenvalue weighted by Gasteiger charge is 2.25. The Morgan fingerprint density at radius 2 is 1.96 bits per heavy atom. The topological polar surface area (TPSA) is 41.9 Å². The van der Waals surface area contributed by atoms with E-state index in [0.29, 0.717) is 23.9 Å². The van der Waals surface area contributed by atoms with E-state index in [9.17, 15) is 4.79 Å². The van der Waals surface area contributed by atoms with Crippen LogP contribution in [-0.2, 0) is 4.79 Å². The molecule has 0 bridgehead atoms. The molecule has 1 amide bonds. The van der Waals surface area contributed by atoms with Gasteiger partial charge in [0.15, 0.2) is 6.61 Å². The average molecular weight is 357 g/mol. The van der Waals surface area contributed by atoms with Crippen molar-refractivity contribution in [2.75, 3.05) is 19.7 Å². The third kappa shape index (κ3) is 3.69. The molecule has 5 heteroatoms. The Labute approximate surface area is 153 Å². The lowest BCUT2D eigenvalue weighted by atomic mass is 10.1. The molecule has 0 aromatic heterocycles. The third-order valence-corrected chi connectivity index (χ3v) is 4.67. The maximum atomic E-state index is 12.7. The minimum atomic E-state index is -0.100. The summed E-state index contributed by atoms with van der Waals surface area (Å²) in [4.78, 5) is 18.8. The highest BCUT2D eigenvalue weighted by molar-refractivity contribution is 6.31. The van der Waals surface area contributed by atoms with Crippen LogP contribution in [0.3, 0.4) is 0 Å². The number of aliphatic imine (C=N–C) groups is 1. The van der Waals surface area contributed by atoms with Crippen LogP contribution < -0.4 is 4.74 Å². The third-order valence-electron chi connectivity index (χ3n) is 4.44. The molecule has 1 aliphatic heterocycles. The monoisotopic (exact) mass is 356 g/mol. The standard InChI is InChI=1S/C20H21ClN2O2/c1-13-7-8-14(2)19(15(13)3)25-12-18(24)23-10-9-22-20(23)16-5-4-6-17(21)11-16/h4-8,11H,9-10,12H2,1-3H3. The maximum Gasteiger partial charge on any atom is 0.266 e. The van der Waals surface area contributed by atoms with Crippen molar-refractivity contribution in [3.05, 3.63) is 63.7 Å². The van der Waals surface area contributed by atoms with Crippen LogP contribution in [0, 0.1) is 20.8 Å². The largest absolute Gasteiger partial charge is 0.483 e. The van der Waals surface area contributed by atoms with Gasteiger partial charge in [0.25, 0.3) is 5.91 Å². The number of hydrogen-bond acceptors (Lipinski definition) is 3. The number of ether oxygens (including phenoxy) is 1. The minimum absolute atomic E-state index is 0.00921. The summed E-state index contributed by atoms with van der Waals surface area (Å²) in [6, 6.07) is 11.5. The van der Waals surface area contributed by atoms with Crippen molar-refractivity contribution in [1.29, 1.82) is 0 Å². The van der Waals surface area contributed by atoms with Gasteiger partial charge in [-0.25, -0.2) is 0 Å². The average Bonchev–Trinajstić information content (AvgIpc) is 3.08. The highest BCUT2D eigenvalue weighted by Crippen LogP contribution is 2.26. The fourth-order valence-electron chi connectivity index (χ4n) is 2.92. The van der Waals surface area contributed by atoms with Gasteiger partial charge in [0.1, 0.15) is 11.6 Å². The zero-order valence-electron chi connectivity index (χ0n) is 14.7. The smallest absolute Gasteiger partial charge is 0.266 e. The minimum Gasteiger partial charge on any atom is -0.483 e. The second-order valence-corrected chi connectivity index (χ2v) is 6.64. The predicted molar refractivity (Wildman–Crippen MR) is 101 cm³/mol. The van der Waals surface area contributed by atoms with Crippen LogP contribution in [0.4, 0.5) is 0 Å². The van der Waals surface area contributed by atoms with E-state index in [-0.39, 0.29) is 12.5 Å². The van der Waals surface area contributed by atoms with Gasteiger partial charge in [-0.2, -0.15) is 0 Å². The van der Waals surface area contributed by atoms with Crippen molar-refractivity contribution >= 4 is 23.3 Å². The van der Waals surface area contributed by atoms with Crippen molar-refractivity contribution in [3.8, 4) is 5.75 Å². The predicted octanol–water partition coefficient (Wildman–Crippen LogP) is 3.93. The number of nitrogens with zero attached hydrogens (tertiary/aromatic N) is 2. The van der Waals surface area contributed by atoms with Gasteiger partial charge in [0.2, 0.25) is 0 Å². The van der Waals surface area contributed by atoms with Crippen LogP contribution in [0.25, 0.3) is 0 Å². The summed E-state index contributed by atoms with van der Waals surface area (Å²) in [6.07, 6.45) is 0. The molecule has 25 heavy (non-hydrogen) atoms. The zero-order valence-corrected chi connectivity index (χ0v) is 15.4. The SMILES string of the molecule is Cc1ccc(C)c(OCC(=O)N2CCN=C2c2cccc(Cl)c2)c1C. The van der Waals surface area contributed by atoms with Crippen LogP contribution >= 0.6 is 11.6 Å². The van der Waals surface area contributed by atoms with Gasteiger partial charge in [-0.1, -0.05) is 35.9 Å². The van der Waals surface area contributed by atoms with Crippen molar-refractivity contribution in [2.24, 2.45) is 4.99 Å². The van der Waals surface area contributed by atoms with Crippen LogP contribution in [0.15, 0.2) is 41.4 Å². The number of carbonyl (C=O) groups excluding carboxylic acids is 1. The first-order chi connectivity index (χ1) is 12.0. The van der Waals surface area contributed by atoms with Crippen molar-refractivity contribution < 1.29 is 9.53 Å². The van der Waals surface area contributed by atoms with E-state index >= 15 is 0 Å². The lowest BCUT2D eigenvalue weighted by Gasteiger charge is -2.20. The van der Waals surface area contributed by atoms with Crippen LogP contribution in [0.2, 0.25) is 5.02 Å². The summed E-state index contributed by atoms with van der Waals surface area (Å²) in [6.45, 7) is 7.18. The van der Waals surface area contributed by atoms with Gasteiger partial charge in [-0.15, -0.1) is 0 Å². The molecule has 3 rings (SSSR count). The lowest BCUT2D eigenvalue weighted by Crippen LogP contribution is -2.38. The molecule has 2 aromatic rings. The molecule has 0 radical (unpaired) electrons. The Bertz CT molecular complexity index is 846. The summed E-state index contributed by atoms with van der Waals surface area (Å²) >= 11 is 6.06. The van der Waals surface area contributed by atoms with Gasteiger partial charge in [-0.3, -0.25) is 14.7 Å². The van der Waals surface area contributed by atoms with Crippen molar-refractivity contribution in [3.63, 3.8) is 0 Å². The second-order valence-electron chi connectivity index (χ2n) is 6.20. The van der Waals surface area contributed by atoms with Gasteiger partial charge in [0, 0.05) is 17.1 Å². The molecule has 1 aliphatic rings. The molecule has 4 nitrogen and oxygen atoms in total. The zero-order chi connectivity index (χ0) is 18.0. The number of halogens is 1. The molecule has 1 heterocycles. The molecule has 0 unspecified atom stereocenters. The Kier molecular flexibility index (Phi) is 5.09. The van der Waals surface area contributed by atoms with Crippen LogP contribution in [0.5, 0.6) is 5.75 Å². The van der Waals surface area contributed by atoms with Crippen molar-refractivity contribution in [2.45, 2.75) is 20.8 Å². The van der Waals surface area contributed by atoms with Gasteiger partial charge in [0.05, 0.1) is 6.54 Å². The number of carbonyl (C=O) groups is 1. The fourth-order valence-corrected chi connectivity index (χ4v) is 3.11. The van der Waals surface area contributed by atoms with Gasteiger partial charge >= 0.3 is 0 Å². The van der Waals surface area contributed by atoms with Crippen LogP contribution in [-0.4, -0.2) is 36.3 Å². The molecule has 2 aromatic carbocycles. The first kappa shape index (κ1) is 17.5. The van der Waals surface area contributed by atoms with Crippen molar-refractivity contribution in [1.82, 2.24) is 4.90 Å². The Hall–Kier alpha value is -2.33. The molecule has 0 aliphatic carbocycles. The molecular formula is C20H21ClN2O2. The fraction of sp³-hybridized carbons (Fsp3) is 0.300. The second kappa shape index (κ2) is 7.28. The molecule has 130 valence electrons. The first-order valence-corrected chi connectivity index (χ1v) is 8.65. The Balaban J connectivity index is 1.74. The van der Waals surface area contributed by atoms with E-state index in [4.69, 9.17) is 16.3 Å². The van der Waals surface area contributed by atoms with E-state index in [1.165, 1.54) is 0 Å². The molecule has 0 saturated carbocycles. The number of amidine groups is 1. The van der Waals surface area contributed by atoms with E-state index in [1.54, 1.807) is 11.0 Å². The molecule has 0 atom stereocenters. The summed E-state index contributed by atoms with van der Waals surface area (Å²) in [5, 5.41) is 0.627. The van der Waals surface area contributed by atoms with E-state index in [0.717, 1.165) is 28.0 Å². The number of rotatable bonds is 4. The number of hydrogen-bond donors (Lipinski definition) is 0. The van der Waals surface area contributed by atoms with Crippen LogP contribution in [0.1, 0.15) is 22.3 Å². The highest BCUT2D eigenvalue weighted by atomic mass is 35.5. The van der Waals surface area contributed by atoms with E-state index in [1.807, 2.05) is 45.0 Å². The first-order valence-electron chi connectivity index (χ1n) is 8.27. The number of amides is 1. The Morgan fingerprint density at radius 1 is 1.20 bits per heavy atom. The molecule has 0 saturated heterocycles. The van der Waals surface area contributed by atoms with E-state index < -0.39 is 0 Å². The summed E-state index contributed by atoms with van der Waals surface area (Å²) in [7, 11) is 0. The number of benzene rings is 2. The van der Waals surface area contributed by atoms with Gasteiger partial charge < -0.3 is 4.74 Å². The van der Waals surface area contributed by atoms with E-state index in [2.05, 4.69) is 11.1 Å². The molecule has 0 fully saturated rings.